The molecule has 2 heterocycles. The quantitative estimate of drug-likeness (QED) is 0.572. The topological polar surface area (TPSA) is 42.0 Å². The molecule has 2 aromatic carbocycles. The Morgan fingerprint density at radius 2 is 1.88 bits per heavy atom. The van der Waals surface area contributed by atoms with Gasteiger partial charge in [-0.2, -0.15) is 11.3 Å². The highest BCUT2D eigenvalue weighted by Gasteiger charge is 2.09. The van der Waals surface area contributed by atoms with E-state index < -0.39 is 0 Å². The number of amides is 1. The second kappa shape index (κ2) is 6.87. The second-order valence-corrected chi connectivity index (χ2v) is 6.58. The minimum atomic E-state index is -0.0715. The molecule has 0 saturated heterocycles. The summed E-state index contributed by atoms with van der Waals surface area (Å²) in [5.74, 6) is -0.0715. The SMILES string of the molecule is O=C(NCc1cncc(-c2ccsc2)c1)c1cccc2ccccc12. The molecule has 0 aliphatic rings. The highest BCUT2D eigenvalue weighted by Crippen LogP contribution is 2.22. The Labute approximate surface area is 150 Å². The lowest BCUT2D eigenvalue weighted by Gasteiger charge is -2.09. The van der Waals surface area contributed by atoms with Crippen molar-refractivity contribution in [2.75, 3.05) is 0 Å². The van der Waals surface area contributed by atoms with Crippen molar-refractivity contribution in [3.8, 4) is 11.1 Å². The Morgan fingerprint density at radius 1 is 1.00 bits per heavy atom. The molecule has 0 fully saturated rings. The molecular formula is C21H16N2OS. The third-order valence-corrected chi connectivity index (χ3v) is 4.82. The molecule has 0 atom stereocenters. The van der Waals surface area contributed by atoms with Gasteiger partial charge in [-0.15, -0.1) is 0 Å². The molecule has 0 bridgehead atoms. The molecule has 3 nitrogen and oxygen atoms in total. The monoisotopic (exact) mass is 344 g/mol. The number of carbonyl (C=O) groups excluding carboxylic acids is 1. The van der Waals surface area contributed by atoms with Crippen molar-refractivity contribution in [3.63, 3.8) is 0 Å². The van der Waals surface area contributed by atoms with Gasteiger partial charge in [0.1, 0.15) is 0 Å². The number of carbonyl (C=O) groups is 1. The van der Waals surface area contributed by atoms with Crippen LogP contribution in [-0.2, 0) is 6.54 Å². The summed E-state index contributed by atoms with van der Waals surface area (Å²) >= 11 is 1.66. The first-order valence-electron chi connectivity index (χ1n) is 8.04. The number of aromatic nitrogens is 1. The number of fused-ring (bicyclic) bond motifs is 1. The van der Waals surface area contributed by atoms with Crippen LogP contribution in [0.15, 0.2) is 77.8 Å². The van der Waals surface area contributed by atoms with Crippen molar-refractivity contribution < 1.29 is 4.79 Å². The Balaban J connectivity index is 1.53. The predicted molar refractivity (Wildman–Crippen MR) is 103 cm³/mol. The van der Waals surface area contributed by atoms with Crippen molar-refractivity contribution in [3.05, 3.63) is 88.9 Å². The van der Waals surface area contributed by atoms with Crippen molar-refractivity contribution in [1.29, 1.82) is 0 Å². The first-order valence-corrected chi connectivity index (χ1v) is 8.98. The minimum absolute atomic E-state index is 0.0715. The summed E-state index contributed by atoms with van der Waals surface area (Å²) in [4.78, 5) is 16.9. The molecule has 122 valence electrons. The van der Waals surface area contributed by atoms with Crippen LogP contribution in [0.1, 0.15) is 15.9 Å². The average Bonchev–Trinajstić information content (AvgIpc) is 3.21. The number of nitrogens with zero attached hydrogens (tertiary/aromatic N) is 1. The summed E-state index contributed by atoms with van der Waals surface area (Å²) < 4.78 is 0. The maximum atomic E-state index is 12.6. The maximum Gasteiger partial charge on any atom is 0.252 e. The largest absolute Gasteiger partial charge is 0.348 e. The van der Waals surface area contributed by atoms with E-state index in [9.17, 15) is 4.79 Å². The first-order chi connectivity index (χ1) is 12.3. The van der Waals surface area contributed by atoms with Gasteiger partial charge in [-0.05, 0) is 50.9 Å². The van der Waals surface area contributed by atoms with Crippen molar-refractivity contribution in [1.82, 2.24) is 10.3 Å². The molecule has 0 aliphatic heterocycles. The van der Waals surface area contributed by atoms with Gasteiger partial charge >= 0.3 is 0 Å². The zero-order valence-corrected chi connectivity index (χ0v) is 14.3. The predicted octanol–water partition coefficient (Wildman–Crippen LogP) is 4.89. The molecule has 0 saturated carbocycles. The maximum absolute atomic E-state index is 12.6. The van der Waals surface area contributed by atoms with E-state index in [1.807, 2.05) is 54.0 Å². The molecule has 4 heteroatoms. The molecular weight excluding hydrogens is 328 g/mol. The van der Waals surface area contributed by atoms with Gasteiger partial charge in [-0.25, -0.2) is 0 Å². The third-order valence-electron chi connectivity index (χ3n) is 4.14. The van der Waals surface area contributed by atoms with Gasteiger partial charge in [0, 0.05) is 30.1 Å². The fraction of sp³-hybridized carbons (Fsp3) is 0.0476. The standard InChI is InChI=1S/C21H16N2OS/c24-21(20-7-3-5-16-4-1-2-6-19(16)20)23-12-15-10-18(13-22-11-15)17-8-9-25-14-17/h1-11,13-14H,12H2,(H,23,24). The molecule has 4 rings (SSSR count). The Morgan fingerprint density at radius 3 is 2.76 bits per heavy atom. The van der Waals surface area contributed by atoms with E-state index in [1.165, 1.54) is 0 Å². The highest BCUT2D eigenvalue weighted by atomic mass is 32.1. The van der Waals surface area contributed by atoms with E-state index in [-0.39, 0.29) is 5.91 Å². The smallest absolute Gasteiger partial charge is 0.252 e. The van der Waals surface area contributed by atoms with Crippen LogP contribution in [0, 0.1) is 0 Å². The normalized spacial score (nSPS) is 10.7. The zero-order chi connectivity index (χ0) is 17.1. The zero-order valence-electron chi connectivity index (χ0n) is 13.5. The molecule has 0 spiro atoms. The minimum Gasteiger partial charge on any atom is -0.348 e. The van der Waals surface area contributed by atoms with E-state index in [1.54, 1.807) is 17.5 Å². The van der Waals surface area contributed by atoms with Crippen LogP contribution in [0.3, 0.4) is 0 Å². The van der Waals surface area contributed by atoms with E-state index in [0.717, 1.165) is 27.5 Å². The molecule has 0 radical (unpaired) electrons. The lowest BCUT2D eigenvalue weighted by molar-refractivity contribution is 0.0952. The van der Waals surface area contributed by atoms with Crippen LogP contribution >= 0.6 is 11.3 Å². The third kappa shape index (κ3) is 3.30. The number of pyridine rings is 1. The van der Waals surface area contributed by atoms with Gasteiger partial charge in [0.05, 0.1) is 0 Å². The Kier molecular flexibility index (Phi) is 4.27. The van der Waals surface area contributed by atoms with E-state index in [4.69, 9.17) is 0 Å². The molecule has 1 N–H and O–H groups in total. The summed E-state index contributed by atoms with van der Waals surface area (Å²) in [6, 6.07) is 17.8. The second-order valence-electron chi connectivity index (χ2n) is 5.80. The number of benzene rings is 2. The first kappa shape index (κ1) is 15.5. The van der Waals surface area contributed by atoms with E-state index in [0.29, 0.717) is 12.1 Å². The van der Waals surface area contributed by atoms with E-state index >= 15 is 0 Å². The number of rotatable bonds is 4. The van der Waals surface area contributed by atoms with E-state index in [2.05, 4.69) is 27.8 Å². The molecule has 0 unspecified atom stereocenters. The lowest BCUT2D eigenvalue weighted by atomic mass is 10.0. The van der Waals surface area contributed by atoms with Gasteiger partial charge in [0.15, 0.2) is 0 Å². The van der Waals surface area contributed by atoms with Crippen LogP contribution in [0.4, 0.5) is 0 Å². The summed E-state index contributed by atoms with van der Waals surface area (Å²) in [7, 11) is 0. The Bertz CT molecular complexity index is 1020. The molecule has 2 aromatic heterocycles. The fourth-order valence-corrected chi connectivity index (χ4v) is 3.54. The molecule has 0 aliphatic carbocycles. The number of nitrogens with one attached hydrogen (secondary N) is 1. The van der Waals surface area contributed by atoms with Gasteiger partial charge in [0.2, 0.25) is 0 Å². The Hall–Kier alpha value is -2.98. The van der Waals surface area contributed by atoms with Crippen molar-refractivity contribution in [2.45, 2.75) is 6.54 Å². The summed E-state index contributed by atoms with van der Waals surface area (Å²) in [6.07, 6.45) is 3.64. The van der Waals surface area contributed by atoms with Crippen LogP contribution in [0.5, 0.6) is 0 Å². The number of hydrogen-bond donors (Lipinski definition) is 1. The van der Waals surface area contributed by atoms with Gasteiger partial charge in [-0.1, -0.05) is 36.4 Å². The lowest BCUT2D eigenvalue weighted by Crippen LogP contribution is -2.23. The average molecular weight is 344 g/mol. The number of thiophene rings is 1. The molecule has 1 amide bonds. The van der Waals surface area contributed by atoms with Crippen molar-refractivity contribution >= 4 is 28.0 Å². The number of hydrogen-bond acceptors (Lipinski definition) is 3. The fourth-order valence-electron chi connectivity index (χ4n) is 2.87. The summed E-state index contributed by atoms with van der Waals surface area (Å²) in [5.41, 5.74) is 3.90. The van der Waals surface area contributed by atoms with Gasteiger partial charge in [-0.3, -0.25) is 9.78 Å². The van der Waals surface area contributed by atoms with Crippen LogP contribution in [-0.4, -0.2) is 10.9 Å². The summed E-state index contributed by atoms with van der Waals surface area (Å²) in [5, 5.41) is 9.17. The van der Waals surface area contributed by atoms with Crippen LogP contribution < -0.4 is 5.32 Å². The molecule has 4 aromatic rings. The van der Waals surface area contributed by atoms with Crippen LogP contribution in [0.2, 0.25) is 0 Å². The van der Waals surface area contributed by atoms with Crippen molar-refractivity contribution in [2.24, 2.45) is 0 Å². The highest BCUT2D eigenvalue weighted by molar-refractivity contribution is 7.08. The van der Waals surface area contributed by atoms with Crippen LogP contribution in [0.25, 0.3) is 21.9 Å². The van der Waals surface area contributed by atoms with Gasteiger partial charge in [0.25, 0.3) is 5.91 Å². The van der Waals surface area contributed by atoms with Gasteiger partial charge < -0.3 is 5.32 Å². The summed E-state index contributed by atoms with van der Waals surface area (Å²) in [6.45, 7) is 0.451. The molecule has 25 heavy (non-hydrogen) atoms.